The molecule has 2 aliphatic heterocycles. The predicted molar refractivity (Wildman–Crippen MR) is 224 cm³/mol. The summed E-state index contributed by atoms with van der Waals surface area (Å²) in [5, 5.41) is 6.68. The van der Waals surface area contributed by atoms with Gasteiger partial charge < -0.3 is 4.74 Å². The van der Waals surface area contributed by atoms with Gasteiger partial charge in [0.05, 0.1) is 24.3 Å². The van der Waals surface area contributed by atoms with Crippen molar-refractivity contribution in [2.24, 2.45) is 5.92 Å². The fourth-order valence-corrected chi connectivity index (χ4v) is 6.37. The minimum atomic E-state index is -0.221. The molecule has 0 aromatic heterocycles. The Morgan fingerprint density at radius 3 is 2.32 bits per heavy atom. The summed E-state index contributed by atoms with van der Waals surface area (Å²) in [7, 11) is 2.13. The molecule has 2 saturated heterocycles. The number of nitrogens with one attached hydrogen (secondary N) is 2. The zero-order valence-electron chi connectivity index (χ0n) is 33.7. The molecular weight excluding hydrogens is 707 g/mol. The van der Waals surface area contributed by atoms with Crippen molar-refractivity contribution >= 4 is 36.5 Å². The Balaban J connectivity index is 0.000000496. The van der Waals surface area contributed by atoms with E-state index in [1.54, 1.807) is 13.0 Å². The highest BCUT2D eigenvalue weighted by Gasteiger charge is 2.41. The maximum atomic E-state index is 13.6. The van der Waals surface area contributed by atoms with Gasteiger partial charge in [0.25, 0.3) is 0 Å². The van der Waals surface area contributed by atoms with Crippen LogP contribution in [0.25, 0.3) is 0 Å². The molecule has 2 aromatic carbocycles. The molecule has 2 amide bonds. The van der Waals surface area contributed by atoms with E-state index in [1.807, 2.05) is 18.2 Å². The van der Waals surface area contributed by atoms with E-state index < -0.39 is 0 Å². The molecule has 5 unspecified atom stereocenters. The third-order valence-electron chi connectivity index (χ3n) is 8.98. The maximum Gasteiger partial charge on any atom is 0.234 e. The van der Waals surface area contributed by atoms with E-state index in [0.717, 1.165) is 47.8 Å². The average Bonchev–Trinajstić information content (AvgIpc) is 3.50. The van der Waals surface area contributed by atoms with E-state index in [1.165, 1.54) is 60.9 Å². The highest BCUT2D eigenvalue weighted by Crippen LogP contribution is 2.41. The summed E-state index contributed by atoms with van der Waals surface area (Å²) >= 11 is 10.8. The minimum Gasteiger partial charge on any atom is -0.381 e. The quantitative estimate of drug-likeness (QED) is 0.0550. The summed E-state index contributed by atoms with van der Waals surface area (Å²) in [6.45, 7) is 21.4. The third kappa shape index (κ3) is 17.2. The molecule has 2 aromatic rings. The fourth-order valence-electron chi connectivity index (χ4n) is 6.05. The van der Waals surface area contributed by atoms with Gasteiger partial charge in [-0.15, -0.1) is 30.8 Å². The van der Waals surface area contributed by atoms with Crippen LogP contribution in [0.15, 0.2) is 71.7 Å². The number of hydrogen-bond donors (Lipinski definition) is 3. The number of nitrogens with zero attached hydrogens (tertiary/aromatic N) is 2. The topological polar surface area (TPSA) is 73.9 Å². The van der Waals surface area contributed by atoms with Crippen molar-refractivity contribution in [3.05, 3.63) is 89.3 Å². The van der Waals surface area contributed by atoms with Crippen LogP contribution in [0.1, 0.15) is 122 Å². The fraction of sp³-hybridized carbons (Fsp3) is 0.581. The normalized spacial score (nSPS) is 20.6. The summed E-state index contributed by atoms with van der Waals surface area (Å²) in [5.41, 5.74) is 4.83. The Kier molecular flexibility index (Phi) is 25.6. The lowest BCUT2D eigenvalue weighted by atomic mass is 9.94. The van der Waals surface area contributed by atoms with Crippen molar-refractivity contribution in [3.63, 3.8) is 0 Å². The highest BCUT2D eigenvalue weighted by molar-refractivity contribution is 7.80. The molecule has 5 atom stereocenters. The lowest BCUT2D eigenvalue weighted by molar-refractivity contribution is -0.143. The Bertz CT molecular complexity index is 1350. The molecular formula is C43H68ClFN4O3S. The second-order valence-electron chi connectivity index (χ2n) is 13.7. The van der Waals surface area contributed by atoms with Crippen LogP contribution in [0.3, 0.4) is 0 Å². The first-order valence-electron chi connectivity index (χ1n) is 19.5. The number of alkyl halides is 1. The molecule has 0 aliphatic carbocycles. The number of carbonyl (C=O) groups is 2. The van der Waals surface area contributed by atoms with Gasteiger partial charge >= 0.3 is 0 Å². The molecule has 53 heavy (non-hydrogen) atoms. The van der Waals surface area contributed by atoms with Crippen LogP contribution >= 0.6 is 24.2 Å². The van der Waals surface area contributed by atoms with Crippen LogP contribution in [0.5, 0.6) is 0 Å². The number of thiol groups is 1. The Morgan fingerprint density at radius 1 is 1.08 bits per heavy atom. The lowest BCUT2D eigenvalue weighted by Gasteiger charge is -2.28. The highest BCUT2D eigenvalue weighted by atomic mass is 35.5. The van der Waals surface area contributed by atoms with E-state index >= 15 is 0 Å². The third-order valence-corrected chi connectivity index (χ3v) is 9.61. The van der Waals surface area contributed by atoms with Gasteiger partial charge in [-0.3, -0.25) is 30.0 Å². The Labute approximate surface area is 331 Å². The number of allylic oxidation sites excluding steroid dienone is 2. The SMILES string of the molecule is C=CC(Cl)C/C=C(\C)C1NC(c2ccc(S)cc2CC)N(C)C1c1ccc(F)cc1.CC1CNCN(C=O)C1=O.CCC.CCCCCCOCCC. The number of carbonyl (C=O) groups excluding carboxylic acids is 2. The molecule has 298 valence electrons. The second-order valence-corrected chi connectivity index (χ2v) is 14.8. The minimum absolute atomic E-state index is 0.0449. The zero-order valence-corrected chi connectivity index (χ0v) is 35.3. The standard InChI is InChI=1S/C25H30ClFN2S.C9H20O.C6H10N2O2.C3H8/c1-5-17-15-21(30)13-14-22(17)25-28-23(16(3)7-10-19(26)6-2)24(29(25)4)18-8-11-20(27)12-9-18;1-3-5-6-7-9-10-8-4-2;1-5-2-7-3-8(4-9)6(5)10;1-3-2/h6-9,11-15,19,23-25,28,30H,2,5,10H2,1,3-4H3;3-9H2,1-2H3;4-5,7H,2-3H2,1H3;3H2,1-2H3/b16-7+;;;. The number of unbranched alkanes of at least 4 members (excludes halogenated alkanes) is 3. The van der Waals surface area contributed by atoms with E-state index in [-0.39, 0.29) is 41.3 Å². The van der Waals surface area contributed by atoms with Crippen molar-refractivity contribution in [2.45, 2.75) is 128 Å². The van der Waals surface area contributed by atoms with Gasteiger partial charge in [0.1, 0.15) is 5.82 Å². The van der Waals surface area contributed by atoms with Crippen LogP contribution in [-0.4, -0.2) is 67.0 Å². The van der Waals surface area contributed by atoms with Gasteiger partial charge in [-0.1, -0.05) is 103 Å². The monoisotopic (exact) mass is 774 g/mol. The van der Waals surface area contributed by atoms with Gasteiger partial charge in [0.2, 0.25) is 12.3 Å². The van der Waals surface area contributed by atoms with Crippen molar-refractivity contribution in [3.8, 4) is 0 Å². The van der Waals surface area contributed by atoms with E-state index in [9.17, 15) is 14.0 Å². The van der Waals surface area contributed by atoms with Crippen molar-refractivity contribution < 1.29 is 18.7 Å². The largest absolute Gasteiger partial charge is 0.381 e. The molecule has 10 heteroatoms. The number of hydrogen-bond acceptors (Lipinski definition) is 7. The first-order chi connectivity index (χ1) is 25.4. The molecule has 0 radical (unpaired) electrons. The van der Waals surface area contributed by atoms with E-state index in [2.05, 4.69) is 102 Å². The van der Waals surface area contributed by atoms with Gasteiger partial charge in [0.15, 0.2) is 0 Å². The van der Waals surface area contributed by atoms with E-state index in [4.69, 9.17) is 16.3 Å². The molecule has 2 heterocycles. The van der Waals surface area contributed by atoms with Crippen LogP contribution in [0, 0.1) is 11.7 Å². The number of rotatable bonds is 15. The molecule has 0 saturated carbocycles. The Hall–Kier alpha value is -2.53. The summed E-state index contributed by atoms with van der Waals surface area (Å²) in [6.07, 6.45) is 13.9. The van der Waals surface area contributed by atoms with Crippen molar-refractivity contribution in [2.75, 3.05) is 33.5 Å². The van der Waals surface area contributed by atoms with Gasteiger partial charge in [-0.2, -0.15) is 0 Å². The Morgan fingerprint density at radius 2 is 1.75 bits per heavy atom. The molecule has 0 spiro atoms. The average molecular weight is 776 g/mol. The predicted octanol–water partition coefficient (Wildman–Crippen LogP) is 10.0. The number of ether oxygens (including phenoxy) is 1. The zero-order chi connectivity index (χ0) is 39.8. The van der Waals surface area contributed by atoms with Gasteiger partial charge in [0, 0.05) is 36.6 Å². The molecule has 4 rings (SSSR count). The summed E-state index contributed by atoms with van der Waals surface area (Å²) < 4.78 is 18.9. The maximum absolute atomic E-state index is 13.6. The number of likely N-dealkylation sites (N-methyl/N-ethyl adjacent to an activating group) is 1. The molecule has 7 nitrogen and oxygen atoms in total. The van der Waals surface area contributed by atoms with Crippen LogP contribution < -0.4 is 10.6 Å². The molecule has 2 N–H and O–H groups in total. The van der Waals surface area contributed by atoms with Gasteiger partial charge in [-0.25, -0.2) is 4.39 Å². The summed E-state index contributed by atoms with van der Waals surface area (Å²) in [5.74, 6) is -0.381. The number of imide groups is 1. The number of amides is 2. The number of halogens is 2. The number of benzene rings is 2. The summed E-state index contributed by atoms with van der Waals surface area (Å²) in [4.78, 5) is 25.6. The smallest absolute Gasteiger partial charge is 0.234 e. The van der Waals surface area contributed by atoms with Crippen LogP contribution in [0.2, 0.25) is 0 Å². The molecule has 2 fully saturated rings. The van der Waals surface area contributed by atoms with Gasteiger partial charge in [-0.05, 0) is 80.6 Å². The second kappa shape index (κ2) is 28.0. The molecule has 0 bridgehead atoms. The van der Waals surface area contributed by atoms with Crippen LogP contribution in [0.4, 0.5) is 4.39 Å². The number of aryl methyl sites for hydroxylation is 1. The summed E-state index contributed by atoms with van der Waals surface area (Å²) in [6, 6.07) is 13.3. The van der Waals surface area contributed by atoms with E-state index in [0.29, 0.717) is 19.6 Å². The first-order valence-corrected chi connectivity index (χ1v) is 20.3. The molecule has 2 aliphatic rings. The first kappa shape index (κ1) is 48.5. The van der Waals surface area contributed by atoms with Crippen molar-refractivity contribution in [1.29, 1.82) is 0 Å². The van der Waals surface area contributed by atoms with Crippen molar-refractivity contribution in [1.82, 2.24) is 20.4 Å². The van der Waals surface area contributed by atoms with Crippen LogP contribution in [-0.2, 0) is 20.7 Å². The lowest BCUT2D eigenvalue weighted by Crippen LogP contribution is -2.49.